The third kappa shape index (κ3) is 4.81. The molecule has 6 nitrogen and oxygen atoms in total. The van der Waals surface area contributed by atoms with Crippen LogP contribution < -0.4 is 19.5 Å². The Morgan fingerprint density at radius 2 is 1.76 bits per heavy atom. The lowest BCUT2D eigenvalue weighted by Crippen LogP contribution is -2.33. The van der Waals surface area contributed by atoms with Crippen LogP contribution in [0.5, 0.6) is 23.0 Å². The number of hydrogen-bond acceptors (Lipinski definition) is 6. The summed E-state index contributed by atoms with van der Waals surface area (Å²) in [6.07, 6.45) is 0.231. The van der Waals surface area contributed by atoms with E-state index < -0.39 is 0 Å². The molecule has 33 heavy (non-hydrogen) atoms. The summed E-state index contributed by atoms with van der Waals surface area (Å²) in [6.45, 7) is 4.45. The van der Waals surface area contributed by atoms with Gasteiger partial charge < -0.3 is 19.3 Å². The van der Waals surface area contributed by atoms with Gasteiger partial charge in [0, 0.05) is 29.3 Å². The second-order valence-electron chi connectivity index (χ2n) is 8.00. The van der Waals surface area contributed by atoms with Gasteiger partial charge in [-0.3, -0.25) is 10.3 Å². The molecule has 1 aliphatic rings. The molecule has 2 unspecified atom stereocenters. The average Bonchev–Trinajstić information content (AvgIpc) is 2.85. The van der Waals surface area contributed by atoms with Gasteiger partial charge in [-0.2, -0.15) is 0 Å². The maximum Gasteiger partial charge on any atom is 0.162 e. The molecule has 0 radical (unpaired) electrons. The number of aromatic hydroxyl groups is 1. The Kier molecular flexibility index (Phi) is 6.84. The maximum atomic E-state index is 11.0. The van der Waals surface area contributed by atoms with Crippen molar-refractivity contribution in [2.75, 3.05) is 20.8 Å². The minimum absolute atomic E-state index is 0.151. The molecule has 2 atom stereocenters. The van der Waals surface area contributed by atoms with Gasteiger partial charge in [0.1, 0.15) is 17.7 Å². The van der Waals surface area contributed by atoms with Crippen LogP contribution in [0.4, 0.5) is 0 Å². The maximum absolute atomic E-state index is 11.0. The average molecular weight is 447 g/mol. The lowest BCUT2D eigenvalue weighted by atomic mass is 9.93. The topological polar surface area (TPSA) is 72.3 Å². The van der Waals surface area contributed by atoms with E-state index in [1.54, 1.807) is 20.3 Å². The Balaban J connectivity index is 1.80. The molecule has 0 saturated carbocycles. The van der Waals surface area contributed by atoms with E-state index in [4.69, 9.17) is 19.2 Å². The normalized spacial score (nSPS) is 17.9. The predicted octanol–water partition coefficient (Wildman–Crippen LogP) is 5.34. The van der Waals surface area contributed by atoms with Gasteiger partial charge in [-0.05, 0) is 43.7 Å². The molecule has 1 heterocycles. The van der Waals surface area contributed by atoms with E-state index in [9.17, 15) is 5.11 Å². The number of aryl methyl sites for hydroxylation is 1. The smallest absolute Gasteiger partial charge is 0.162 e. The second-order valence-corrected chi connectivity index (χ2v) is 8.00. The zero-order valence-electron chi connectivity index (χ0n) is 19.5. The Morgan fingerprint density at radius 1 is 0.970 bits per heavy atom. The van der Waals surface area contributed by atoms with Crippen molar-refractivity contribution in [1.82, 2.24) is 5.32 Å². The van der Waals surface area contributed by atoms with Crippen LogP contribution in [0.15, 0.2) is 65.7 Å². The van der Waals surface area contributed by atoms with Gasteiger partial charge in [0.15, 0.2) is 11.5 Å². The third-order valence-electron chi connectivity index (χ3n) is 5.86. The van der Waals surface area contributed by atoms with Gasteiger partial charge in [0.25, 0.3) is 0 Å². The second kappa shape index (κ2) is 9.96. The first-order chi connectivity index (χ1) is 16.0. The van der Waals surface area contributed by atoms with Gasteiger partial charge in [-0.15, -0.1) is 0 Å². The minimum atomic E-state index is -0.389. The minimum Gasteiger partial charge on any atom is -0.504 e. The summed E-state index contributed by atoms with van der Waals surface area (Å²) in [5, 5.41) is 14.6. The lowest BCUT2D eigenvalue weighted by molar-refractivity contribution is 0.313. The largest absolute Gasteiger partial charge is 0.504 e. The van der Waals surface area contributed by atoms with Gasteiger partial charge in [-0.1, -0.05) is 42.0 Å². The molecular formula is C27H30N2O4. The van der Waals surface area contributed by atoms with Crippen molar-refractivity contribution < 1.29 is 19.3 Å². The molecule has 3 aromatic carbocycles. The lowest BCUT2D eigenvalue weighted by Gasteiger charge is -2.32. The van der Waals surface area contributed by atoms with Crippen LogP contribution in [-0.4, -0.2) is 31.6 Å². The fourth-order valence-corrected chi connectivity index (χ4v) is 4.13. The molecule has 6 heteroatoms. The summed E-state index contributed by atoms with van der Waals surface area (Å²) in [5.41, 5.74) is 4.84. The molecule has 2 N–H and O–H groups in total. The number of phenolic OH excluding ortho intramolecular Hbond substituents is 1. The van der Waals surface area contributed by atoms with Crippen LogP contribution >= 0.6 is 0 Å². The summed E-state index contributed by atoms with van der Waals surface area (Å²) >= 11 is 0. The van der Waals surface area contributed by atoms with E-state index >= 15 is 0 Å². The first-order valence-electron chi connectivity index (χ1n) is 11.1. The van der Waals surface area contributed by atoms with Gasteiger partial charge in [-0.25, -0.2) is 0 Å². The Morgan fingerprint density at radius 3 is 2.45 bits per heavy atom. The number of benzene rings is 3. The number of phenols is 1. The van der Waals surface area contributed by atoms with Crippen LogP contribution in [0.3, 0.4) is 0 Å². The van der Waals surface area contributed by atoms with E-state index in [-0.39, 0.29) is 18.0 Å². The fourth-order valence-electron chi connectivity index (χ4n) is 4.13. The van der Waals surface area contributed by atoms with Crippen molar-refractivity contribution in [3.8, 4) is 23.0 Å². The highest BCUT2D eigenvalue weighted by Gasteiger charge is 2.30. The number of ether oxygens (including phenoxy) is 3. The van der Waals surface area contributed by atoms with Gasteiger partial charge in [0.2, 0.25) is 0 Å². The number of aliphatic imine (C=N–C) groups is 1. The summed E-state index contributed by atoms with van der Waals surface area (Å²) in [7, 11) is 3.29. The molecule has 0 aromatic heterocycles. The zero-order valence-corrected chi connectivity index (χ0v) is 19.5. The summed E-state index contributed by atoms with van der Waals surface area (Å²) in [5.74, 6) is 2.07. The number of nitrogens with zero attached hydrogens (tertiary/aromatic N) is 1. The van der Waals surface area contributed by atoms with Gasteiger partial charge in [0.05, 0.1) is 20.8 Å². The van der Waals surface area contributed by atoms with Crippen molar-refractivity contribution in [1.29, 1.82) is 0 Å². The van der Waals surface area contributed by atoms with Crippen molar-refractivity contribution in [3.63, 3.8) is 0 Å². The highest BCUT2D eigenvalue weighted by atomic mass is 16.5. The summed E-state index contributed by atoms with van der Waals surface area (Å²) < 4.78 is 16.7. The van der Waals surface area contributed by atoms with Crippen molar-refractivity contribution >= 4 is 5.71 Å². The van der Waals surface area contributed by atoms with Crippen LogP contribution in [-0.2, 0) is 0 Å². The SMILES string of the molecule is CCOc1cccc(C2CC(c3ccc(C)cc3)=NC(c3cc(OC)ccc3OC)N2)c1O. The summed E-state index contributed by atoms with van der Waals surface area (Å²) in [4.78, 5) is 5.06. The Hall–Kier alpha value is -3.51. The molecule has 172 valence electrons. The van der Waals surface area contributed by atoms with Crippen LogP contribution in [0.1, 0.15) is 47.8 Å². The number of methoxy groups -OCH3 is 2. The molecule has 0 spiro atoms. The molecule has 3 aromatic rings. The fraction of sp³-hybridized carbons (Fsp3) is 0.296. The van der Waals surface area contributed by atoms with E-state index in [2.05, 4.69) is 36.5 Å². The standard InChI is InChI=1S/C27H30N2O4/c1-5-33-25-8-6-7-20(26(25)30)23-16-22(18-11-9-17(2)10-12-18)28-27(29-23)21-15-19(31-3)13-14-24(21)32-4/h6-15,23,27,29-30H,5,16H2,1-4H3. The van der Waals surface area contributed by atoms with Crippen LogP contribution in [0.2, 0.25) is 0 Å². The van der Waals surface area contributed by atoms with Crippen molar-refractivity contribution in [2.45, 2.75) is 32.5 Å². The molecule has 0 fully saturated rings. The van der Waals surface area contributed by atoms with Crippen molar-refractivity contribution in [2.24, 2.45) is 4.99 Å². The molecule has 0 aliphatic carbocycles. The number of nitrogens with one attached hydrogen (secondary N) is 1. The van der Waals surface area contributed by atoms with E-state index in [0.29, 0.717) is 24.5 Å². The first-order valence-corrected chi connectivity index (χ1v) is 11.1. The van der Waals surface area contributed by atoms with E-state index in [1.807, 2.05) is 37.3 Å². The number of hydrogen-bond donors (Lipinski definition) is 2. The van der Waals surface area contributed by atoms with Crippen LogP contribution in [0, 0.1) is 6.92 Å². The Labute approximate surface area is 194 Å². The quantitative estimate of drug-likeness (QED) is 0.513. The van der Waals surface area contributed by atoms with Crippen molar-refractivity contribution in [3.05, 3.63) is 82.9 Å². The number of rotatable bonds is 7. The molecular weight excluding hydrogens is 416 g/mol. The predicted molar refractivity (Wildman–Crippen MR) is 130 cm³/mol. The van der Waals surface area contributed by atoms with Crippen LogP contribution in [0.25, 0.3) is 0 Å². The highest BCUT2D eigenvalue weighted by Crippen LogP contribution is 2.40. The highest BCUT2D eigenvalue weighted by molar-refractivity contribution is 6.01. The monoisotopic (exact) mass is 446 g/mol. The molecule has 0 bridgehead atoms. The molecule has 0 saturated heterocycles. The van der Waals surface area contributed by atoms with Gasteiger partial charge >= 0.3 is 0 Å². The zero-order chi connectivity index (χ0) is 23.4. The van der Waals surface area contributed by atoms with E-state index in [1.165, 1.54) is 5.56 Å². The Bertz CT molecular complexity index is 1140. The molecule has 4 rings (SSSR count). The third-order valence-corrected chi connectivity index (χ3v) is 5.86. The molecule has 1 aliphatic heterocycles. The molecule has 0 amide bonds. The number of para-hydroxylation sites is 1. The summed E-state index contributed by atoms with van der Waals surface area (Å²) in [6, 6.07) is 19.5. The van der Waals surface area contributed by atoms with E-state index in [0.717, 1.165) is 28.2 Å². The first kappa shape index (κ1) is 22.7.